The van der Waals surface area contributed by atoms with Crippen molar-refractivity contribution in [1.82, 2.24) is 14.7 Å². The van der Waals surface area contributed by atoms with E-state index in [-0.39, 0.29) is 23.8 Å². The van der Waals surface area contributed by atoms with Crippen molar-refractivity contribution < 1.29 is 9.90 Å². The zero-order valence-corrected chi connectivity index (χ0v) is 14.2. The van der Waals surface area contributed by atoms with Gasteiger partial charge >= 0.3 is 0 Å². The highest BCUT2D eigenvalue weighted by Gasteiger charge is 2.27. The third kappa shape index (κ3) is 3.69. The summed E-state index contributed by atoms with van der Waals surface area (Å²) in [6.07, 6.45) is 5.69. The summed E-state index contributed by atoms with van der Waals surface area (Å²) in [4.78, 5) is 14.5. The summed E-state index contributed by atoms with van der Waals surface area (Å²) in [5.41, 5.74) is 1.56. The molecule has 2 atom stereocenters. The fraction of sp³-hybridized carbons (Fsp3) is 0.765. The van der Waals surface area contributed by atoms with E-state index in [1.54, 1.807) is 4.90 Å². The minimum Gasteiger partial charge on any atom is -0.393 e. The number of aliphatic hydroxyl groups excluding tert-OH is 1. The highest BCUT2D eigenvalue weighted by atomic mass is 16.3. The largest absolute Gasteiger partial charge is 0.393 e. The second-order valence-electron chi connectivity index (χ2n) is 6.74. The number of carbonyl (C=O) groups is 1. The first kappa shape index (κ1) is 17.0. The first-order valence-electron chi connectivity index (χ1n) is 8.44. The Balaban J connectivity index is 2.11. The third-order valence-corrected chi connectivity index (χ3v) is 4.62. The molecule has 1 N–H and O–H groups in total. The molecule has 0 aliphatic heterocycles. The molecule has 5 nitrogen and oxygen atoms in total. The zero-order chi connectivity index (χ0) is 16.3. The molecule has 1 heterocycles. The lowest BCUT2D eigenvalue weighted by Crippen LogP contribution is -2.38. The molecule has 1 amide bonds. The van der Waals surface area contributed by atoms with Gasteiger partial charge < -0.3 is 10.0 Å². The molecule has 2 unspecified atom stereocenters. The summed E-state index contributed by atoms with van der Waals surface area (Å²) in [6, 6.07) is 0. The summed E-state index contributed by atoms with van der Waals surface area (Å²) in [5.74, 6) is 0.438. The Morgan fingerprint density at radius 3 is 2.73 bits per heavy atom. The normalized spacial score (nSPS) is 22.1. The predicted molar refractivity (Wildman–Crippen MR) is 86.9 cm³/mol. The molecule has 5 heteroatoms. The highest BCUT2D eigenvalue weighted by molar-refractivity contribution is 5.95. The van der Waals surface area contributed by atoms with Gasteiger partial charge in [0.1, 0.15) is 0 Å². The lowest BCUT2D eigenvalue weighted by atomic mass is 9.86. The molecule has 1 aromatic heterocycles. The maximum Gasteiger partial charge on any atom is 0.257 e. The maximum absolute atomic E-state index is 12.8. The van der Waals surface area contributed by atoms with Crippen molar-refractivity contribution in [3.05, 3.63) is 17.5 Å². The quantitative estimate of drug-likeness (QED) is 0.910. The van der Waals surface area contributed by atoms with Crippen molar-refractivity contribution in [2.45, 2.75) is 65.0 Å². The molecule has 1 aliphatic carbocycles. The van der Waals surface area contributed by atoms with Crippen LogP contribution in [-0.2, 0) is 6.54 Å². The van der Waals surface area contributed by atoms with Crippen molar-refractivity contribution in [3.8, 4) is 0 Å². The van der Waals surface area contributed by atoms with Crippen LogP contribution in [0.2, 0.25) is 0 Å². The van der Waals surface area contributed by atoms with Crippen LogP contribution in [0.4, 0.5) is 0 Å². The zero-order valence-electron chi connectivity index (χ0n) is 14.2. The summed E-state index contributed by atoms with van der Waals surface area (Å²) in [7, 11) is 1.83. The van der Waals surface area contributed by atoms with Gasteiger partial charge in [-0.25, -0.2) is 0 Å². The monoisotopic (exact) mass is 307 g/mol. The number of carbonyl (C=O) groups excluding carboxylic acids is 1. The fourth-order valence-corrected chi connectivity index (χ4v) is 3.23. The number of aliphatic hydroxyl groups is 1. The lowest BCUT2D eigenvalue weighted by Gasteiger charge is -2.31. The molecule has 0 aromatic carbocycles. The average Bonchev–Trinajstić information content (AvgIpc) is 2.93. The molecule has 1 aliphatic rings. The van der Waals surface area contributed by atoms with Crippen LogP contribution in [-0.4, -0.2) is 45.4 Å². The van der Waals surface area contributed by atoms with Gasteiger partial charge in [-0.2, -0.15) is 5.10 Å². The lowest BCUT2D eigenvalue weighted by molar-refractivity contribution is 0.0450. The molecule has 22 heavy (non-hydrogen) atoms. The summed E-state index contributed by atoms with van der Waals surface area (Å²) >= 11 is 0. The van der Waals surface area contributed by atoms with Gasteiger partial charge in [-0.05, 0) is 25.7 Å². The topological polar surface area (TPSA) is 58.4 Å². The van der Waals surface area contributed by atoms with E-state index in [1.807, 2.05) is 24.9 Å². The number of hydrogen-bond acceptors (Lipinski definition) is 3. The first-order valence-corrected chi connectivity index (χ1v) is 8.44. The Labute approximate surface area is 133 Å². The van der Waals surface area contributed by atoms with Crippen LogP contribution in [0.15, 0.2) is 6.20 Å². The molecule has 1 fully saturated rings. The number of rotatable bonds is 5. The van der Waals surface area contributed by atoms with E-state index in [9.17, 15) is 9.90 Å². The Morgan fingerprint density at radius 2 is 2.14 bits per heavy atom. The molecular weight excluding hydrogens is 278 g/mol. The first-order chi connectivity index (χ1) is 10.4. The summed E-state index contributed by atoms with van der Waals surface area (Å²) < 4.78 is 1.83. The molecular formula is C17H29N3O2. The van der Waals surface area contributed by atoms with Crippen molar-refractivity contribution >= 4 is 5.91 Å². The van der Waals surface area contributed by atoms with Gasteiger partial charge in [0.05, 0.1) is 17.4 Å². The molecule has 1 aromatic rings. The molecule has 2 rings (SSSR count). The van der Waals surface area contributed by atoms with Crippen LogP contribution >= 0.6 is 0 Å². The Morgan fingerprint density at radius 1 is 1.45 bits per heavy atom. The van der Waals surface area contributed by atoms with E-state index in [0.717, 1.165) is 37.9 Å². The van der Waals surface area contributed by atoms with Gasteiger partial charge in [0.2, 0.25) is 0 Å². The fourth-order valence-electron chi connectivity index (χ4n) is 3.23. The van der Waals surface area contributed by atoms with Crippen LogP contribution in [0.5, 0.6) is 0 Å². The van der Waals surface area contributed by atoms with Crippen molar-refractivity contribution in [2.24, 2.45) is 5.92 Å². The van der Waals surface area contributed by atoms with E-state index in [0.29, 0.717) is 12.1 Å². The highest BCUT2D eigenvalue weighted by Crippen LogP contribution is 2.26. The van der Waals surface area contributed by atoms with E-state index < -0.39 is 0 Å². The van der Waals surface area contributed by atoms with E-state index >= 15 is 0 Å². The maximum atomic E-state index is 12.8. The molecule has 0 radical (unpaired) electrons. The second kappa shape index (κ2) is 7.27. The van der Waals surface area contributed by atoms with E-state index in [2.05, 4.69) is 18.9 Å². The Bertz CT molecular complexity index is 510. The van der Waals surface area contributed by atoms with Gasteiger partial charge in [0.15, 0.2) is 0 Å². The van der Waals surface area contributed by atoms with Crippen molar-refractivity contribution in [3.63, 3.8) is 0 Å². The number of amides is 1. The van der Waals surface area contributed by atoms with E-state index in [1.165, 1.54) is 0 Å². The van der Waals surface area contributed by atoms with Crippen LogP contribution in [0, 0.1) is 5.92 Å². The van der Waals surface area contributed by atoms with Gasteiger partial charge in [0, 0.05) is 32.3 Å². The standard InChI is InChI=1S/C17H29N3O2/c1-5-20-11-14(16(18-20)12(2)3)17(22)19(4)10-13-8-6-7-9-15(13)21/h11-13,15,21H,5-10H2,1-4H3. The summed E-state index contributed by atoms with van der Waals surface area (Å²) in [5, 5.41) is 14.6. The molecule has 0 bridgehead atoms. The molecule has 0 spiro atoms. The van der Waals surface area contributed by atoms with Gasteiger partial charge in [-0.1, -0.05) is 26.7 Å². The Kier molecular flexibility index (Phi) is 5.62. The molecule has 1 saturated carbocycles. The van der Waals surface area contributed by atoms with Crippen LogP contribution in [0.1, 0.15) is 68.4 Å². The predicted octanol–water partition coefficient (Wildman–Crippen LogP) is 2.65. The summed E-state index contributed by atoms with van der Waals surface area (Å²) in [6.45, 7) is 7.52. The SMILES string of the molecule is CCn1cc(C(=O)N(C)CC2CCCCC2O)c(C(C)C)n1. The van der Waals surface area contributed by atoms with Gasteiger partial charge in [-0.3, -0.25) is 9.48 Å². The Hall–Kier alpha value is -1.36. The number of aromatic nitrogens is 2. The molecule has 0 saturated heterocycles. The molecule has 124 valence electrons. The minimum atomic E-state index is -0.271. The van der Waals surface area contributed by atoms with Crippen molar-refractivity contribution in [1.29, 1.82) is 0 Å². The minimum absolute atomic E-state index is 0.0150. The van der Waals surface area contributed by atoms with Gasteiger partial charge in [-0.15, -0.1) is 0 Å². The number of aryl methyl sites for hydroxylation is 1. The van der Waals surface area contributed by atoms with Crippen LogP contribution < -0.4 is 0 Å². The van der Waals surface area contributed by atoms with E-state index in [4.69, 9.17) is 0 Å². The van der Waals surface area contributed by atoms with Crippen molar-refractivity contribution in [2.75, 3.05) is 13.6 Å². The third-order valence-electron chi connectivity index (χ3n) is 4.62. The van der Waals surface area contributed by atoms with Crippen LogP contribution in [0.3, 0.4) is 0 Å². The number of hydrogen-bond donors (Lipinski definition) is 1. The smallest absolute Gasteiger partial charge is 0.257 e. The second-order valence-corrected chi connectivity index (χ2v) is 6.74. The van der Waals surface area contributed by atoms with Gasteiger partial charge in [0.25, 0.3) is 5.91 Å². The van der Waals surface area contributed by atoms with Crippen LogP contribution in [0.25, 0.3) is 0 Å². The number of nitrogens with zero attached hydrogens (tertiary/aromatic N) is 3. The average molecular weight is 307 g/mol.